The van der Waals surface area contributed by atoms with E-state index < -0.39 is 0 Å². The normalized spacial score (nSPS) is 33.0. The molecule has 0 aromatic carbocycles. The molecule has 0 saturated heterocycles. The van der Waals surface area contributed by atoms with E-state index in [1.807, 2.05) is 0 Å². The van der Waals surface area contributed by atoms with Crippen molar-refractivity contribution in [2.24, 2.45) is 23.2 Å². The SMILES string of the molecule is CC(C)[C@@H]1C[C@H]1C(C)(C)C. The first-order chi connectivity index (χ1) is 4.43. The average molecular weight is 140 g/mol. The van der Waals surface area contributed by atoms with Gasteiger partial charge in [0, 0.05) is 0 Å². The molecule has 0 bridgehead atoms. The zero-order valence-corrected chi connectivity index (χ0v) is 7.94. The minimum Gasteiger partial charge on any atom is -0.0625 e. The van der Waals surface area contributed by atoms with Gasteiger partial charge in [0.1, 0.15) is 0 Å². The van der Waals surface area contributed by atoms with E-state index in [2.05, 4.69) is 34.6 Å². The summed E-state index contributed by atoms with van der Waals surface area (Å²) in [6.07, 6.45) is 1.47. The first kappa shape index (κ1) is 8.10. The lowest BCUT2D eigenvalue weighted by molar-refractivity contribution is 0.309. The highest BCUT2D eigenvalue weighted by Gasteiger charge is 2.46. The van der Waals surface area contributed by atoms with E-state index in [4.69, 9.17) is 0 Å². The van der Waals surface area contributed by atoms with Crippen LogP contribution < -0.4 is 0 Å². The van der Waals surface area contributed by atoms with Crippen LogP contribution in [0, 0.1) is 23.2 Å². The van der Waals surface area contributed by atoms with Crippen molar-refractivity contribution in [1.29, 1.82) is 0 Å². The van der Waals surface area contributed by atoms with Gasteiger partial charge >= 0.3 is 0 Å². The van der Waals surface area contributed by atoms with E-state index in [1.165, 1.54) is 6.42 Å². The van der Waals surface area contributed by atoms with Gasteiger partial charge in [-0.1, -0.05) is 34.6 Å². The van der Waals surface area contributed by atoms with Crippen molar-refractivity contribution in [1.82, 2.24) is 0 Å². The molecule has 0 heterocycles. The minimum atomic E-state index is 0.564. The summed E-state index contributed by atoms with van der Waals surface area (Å²) in [7, 11) is 0. The monoisotopic (exact) mass is 140 g/mol. The maximum atomic E-state index is 2.36. The van der Waals surface area contributed by atoms with Gasteiger partial charge in [-0.05, 0) is 29.6 Å². The predicted molar refractivity (Wildman–Crippen MR) is 45.9 cm³/mol. The van der Waals surface area contributed by atoms with Crippen LogP contribution in [-0.4, -0.2) is 0 Å². The lowest BCUT2D eigenvalue weighted by atomic mass is 9.87. The fraction of sp³-hybridized carbons (Fsp3) is 1.00. The van der Waals surface area contributed by atoms with Crippen molar-refractivity contribution in [2.75, 3.05) is 0 Å². The summed E-state index contributed by atoms with van der Waals surface area (Å²) in [5.74, 6) is 2.94. The van der Waals surface area contributed by atoms with Crippen molar-refractivity contribution >= 4 is 0 Å². The average Bonchev–Trinajstić information content (AvgIpc) is 2.35. The molecule has 1 rings (SSSR count). The highest BCUT2D eigenvalue weighted by Crippen LogP contribution is 2.53. The molecular formula is C10H20. The lowest BCUT2D eigenvalue weighted by Gasteiger charge is -2.18. The fourth-order valence-electron chi connectivity index (χ4n) is 1.95. The van der Waals surface area contributed by atoms with Crippen LogP contribution in [0.5, 0.6) is 0 Å². The minimum absolute atomic E-state index is 0.564. The topological polar surface area (TPSA) is 0 Å². The molecule has 0 unspecified atom stereocenters. The Morgan fingerprint density at radius 1 is 1.20 bits per heavy atom. The van der Waals surface area contributed by atoms with Gasteiger partial charge in [0.2, 0.25) is 0 Å². The summed E-state index contributed by atoms with van der Waals surface area (Å²) in [4.78, 5) is 0. The quantitative estimate of drug-likeness (QED) is 0.524. The van der Waals surface area contributed by atoms with Crippen LogP contribution in [-0.2, 0) is 0 Å². The molecule has 0 aliphatic heterocycles. The second kappa shape index (κ2) is 2.25. The third-order valence-corrected chi connectivity index (χ3v) is 2.81. The van der Waals surface area contributed by atoms with Crippen molar-refractivity contribution in [3.8, 4) is 0 Å². The summed E-state index contributed by atoms with van der Waals surface area (Å²) >= 11 is 0. The molecule has 0 amide bonds. The maximum absolute atomic E-state index is 2.36. The molecule has 0 spiro atoms. The third kappa shape index (κ3) is 1.53. The highest BCUT2D eigenvalue weighted by atomic mass is 14.5. The van der Waals surface area contributed by atoms with Crippen LogP contribution in [0.1, 0.15) is 41.0 Å². The Kier molecular flexibility index (Phi) is 1.82. The van der Waals surface area contributed by atoms with Crippen LogP contribution in [0.15, 0.2) is 0 Å². The van der Waals surface area contributed by atoms with Crippen LogP contribution in [0.25, 0.3) is 0 Å². The van der Waals surface area contributed by atoms with Gasteiger partial charge in [0.05, 0.1) is 0 Å². The first-order valence-electron chi connectivity index (χ1n) is 4.43. The Morgan fingerprint density at radius 3 is 1.80 bits per heavy atom. The summed E-state index contributed by atoms with van der Waals surface area (Å²) in [6, 6.07) is 0. The molecule has 60 valence electrons. The number of hydrogen-bond donors (Lipinski definition) is 0. The van der Waals surface area contributed by atoms with Gasteiger partial charge in [-0.3, -0.25) is 0 Å². The summed E-state index contributed by atoms with van der Waals surface area (Å²) in [5.41, 5.74) is 0.564. The van der Waals surface area contributed by atoms with Gasteiger partial charge in [-0.15, -0.1) is 0 Å². The third-order valence-electron chi connectivity index (χ3n) is 2.81. The van der Waals surface area contributed by atoms with Gasteiger partial charge in [0.15, 0.2) is 0 Å². The van der Waals surface area contributed by atoms with E-state index >= 15 is 0 Å². The van der Waals surface area contributed by atoms with Crippen molar-refractivity contribution < 1.29 is 0 Å². The Hall–Kier alpha value is 0. The molecule has 0 nitrogen and oxygen atoms in total. The van der Waals surface area contributed by atoms with Crippen molar-refractivity contribution in [3.63, 3.8) is 0 Å². The zero-order chi connectivity index (χ0) is 7.94. The molecule has 2 atom stereocenters. The van der Waals surface area contributed by atoms with Crippen LogP contribution in [0.3, 0.4) is 0 Å². The molecule has 1 aliphatic rings. The lowest BCUT2D eigenvalue weighted by Crippen LogP contribution is -2.10. The van der Waals surface area contributed by atoms with E-state index in [-0.39, 0.29) is 0 Å². The molecule has 1 saturated carbocycles. The van der Waals surface area contributed by atoms with E-state index in [0.29, 0.717) is 5.41 Å². The number of rotatable bonds is 1. The molecule has 10 heavy (non-hydrogen) atoms. The molecule has 0 aromatic heterocycles. The van der Waals surface area contributed by atoms with Gasteiger partial charge in [-0.25, -0.2) is 0 Å². The Labute approximate surface area is 65.0 Å². The summed E-state index contributed by atoms with van der Waals surface area (Å²) in [6.45, 7) is 11.8. The molecule has 1 aliphatic carbocycles. The Morgan fingerprint density at radius 2 is 1.70 bits per heavy atom. The van der Waals surface area contributed by atoms with Gasteiger partial charge < -0.3 is 0 Å². The smallest absolute Gasteiger partial charge is 0.0332 e. The zero-order valence-electron chi connectivity index (χ0n) is 7.94. The van der Waals surface area contributed by atoms with Crippen molar-refractivity contribution in [2.45, 2.75) is 41.0 Å². The fourth-order valence-corrected chi connectivity index (χ4v) is 1.95. The van der Waals surface area contributed by atoms with Crippen LogP contribution in [0.4, 0.5) is 0 Å². The molecule has 0 radical (unpaired) electrons. The molecule has 0 aromatic rings. The predicted octanol–water partition coefficient (Wildman–Crippen LogP) is 3.32. The Balaban J connectivity index is 2.39. The largest absolute Gasteiger partial charge is 0.0625 e. The van der Waals surface area contributed by atoms with Crippen molar-refractivity contribution in [3.05, 3.63) is 0 Å². The maximum Gasteiger partial charge on any atom is -0.0332 e. The molecule has 0 N–H and O–H groups in total. The Bertz CT molecular complexity index is 116. The van der Waals surface area contributed by atoms with Gasteiger partial charge in [0.25, 0.3) is 0 Å². The van der Waals surface area contributed by atoms with Crippen LogP contribution in [0.2, 0.25) is 0 Å². The van der Waals surface area contributed by atoms with E-state index in [0.717, 1.165) is 17.8 Å². The molecule has 1 fully saturated rings. The standard InChI is InChI=1S/C10H20/c1-7(2)8-6-9(8)10(3,4)5/h7-9H,6H2,1-5H3/t8-,9+/m0/s1. The van der Waals surface area contributed by atoms with Gasteiger partial charge in [-0.2, -0.15) is 0 Å². The molecule has 0 heteroatoms. The highest BCUT2D eigenvalue weighted by molar-refractivity contribution is 4.95. The second-order valence-electron chi connectivity index (χ2n) is 5.12. The summed E-state index contributed by atoms with van der Waals surface area (Å²) in [5, 5.41) is 0. The molecular weight excluding hydrogens is 120 g/mol. The van der Waals surface area contributed by atoms with E-state index in [1.54, 1.807) is 0 Å². The number of hydrogen-bond acceptors (Lipinski definition) is 0. The van der Waals surface area contributed by atoms with E-state index in [9.17, 15) is 0 Å². The second-order valence-corrected chi connectivity index (χ2v) is 5.12. The first-order valence-corrected chi connectivity index (χ1v) is 4.43. The summed E-state index contributed by atoms with van der Waals surface area (Å²) < 4.78 is 0. The van der Waals surface area contributed by atoms with Crippen LogP contribution >= 0.6 is 0 Å².